The summed E-state index contributed by atoms with van der Waals surface area (Å²) >= 11 is 0. The number of Topliss-reactive ketones (excluding diaryl/α,β-unsaturated/α-hetero) is 2. The number of piperidine rings is 2. The lowest BCUT2D eigenvalue weighted by molar-refractivity contribution is -0.145. The van der Waals surface area contributed by atoms with E-state index >= 15 is 0 Å². The van der Waals surface area contributed by atoms with Crippen LogP contribution in [0.15, 0.2) is 60.7 Å². The number of hydrogen-bond donors (Lipinski definition) is 8. The average Bonchev–Trinajstić information content (AvgIpc) is 1.53. The maximum absolute atomic E-state index is 14.5. The molecule has 2 saturated heterocycles. The summed E-state index contributed by atoms with van der Waals surface area (Å²) < 4.78 is 11.0. The molecule has 5 saturated carbocycles. The van der Waals surface area contributed by atoms with Gasteiger partial charge in [-0.1, -0.05) is 160 Å². The Morgan fingerprint density at radius 1 is 0.477 bits per heavy atom. The molecule has 2 aliphatic heterocycles. The van der Waals surface area contributed by atoms with E-state index in [1.54, 1.807) is 135 Å². The van der Waals surface area contributed by atoms with E-state index in [1.807, 2.05) is 34.6 Å². The summed E-state index contributed by atoms with van der Waals surface area (Å²) in [6.07, 6.45) is 7.89. The van der Waals surface area contributed by atoms with Crippen molar-refractivity contribution in [1.29, 1.82) is 0 Å². The van der Waals surface area contributed by atoms with Crippen LogP contribution in [0.5, 0.6) is 0 Å². The first-order valence-electron chi connectivity index (χ1n) is 37.9. The van der Waals surface area contributed by atoms with Gasteiger partial charge in [0.2, 0.25) is 58.8 Å². The molecule has 8 N–H and O–H groups in total. The van der Waals surface area contributed by atoms with Crippen molar-refractivity contribution in [1.82, 2.24) is 62.1 Å². The molecule has 28 nitrogen and oxygen atoms in total. The van der Waals surface area contributed by atoms with Gasteiger partial charge in [0.1, 0.15) is 47.5 Å². The molecule has 2 unspecified atom stereocenters. The summed E-state index contributed by atoms with van der Waals surface area (Å²) in [5.74, 6) is -7.87. The minimum absolute atomic E-state index is 0.0350. The van der Waals surface area contributed by atoms with Crippen LogP contribution in [0.2, 0.25) is 0 Å². The smallest absolute Gasteiger partial charge is 0.408 e. The normalized spacial score (nSPS) is 22.8. The lowest BCUT2D eigenvalue weighted by atomic mass is 9.80. The molecule has 12 amide bonds. The number of likely N-dealkylation sites (tertiary alicyclic amines) is 2. The van der Waals surface area contributed by atoms with Crippen molar-refractivity contribution in [2.24, 2.45) is 57.7 Å². The van der Waals surface area contributed by atoms with Gasteiger partial charge in [-0.05, 0) is 136 Å². The Morgan fingerprint density at radius 3 is 1.21 bits per heavy atom. The van der Waals surface area contributed by atoms with Crippen LogP contribution in [0, 0.1) is 57.7 Å². The van der Waals surface area contributed by atoms with Gasteiger partial charge in [-0.3, -0.25) is 57.5 Å². The van der Waals surface area contributed by atoms with Crippen LogP contribution in [0.25, 0.3) is 0 Å². The van der Waals surface area contributed by atoms with E-state index in [0.29, 0.717) is 24.2 Å². The molecule has 2 heterocycles. The van der Waals surface area contributed by atoms with E-state index in [9.17, 15) is 67.1 Å². The number of fused-ring (bicyclic) bond motifs is 2. The molecule has 2 aromatic carbocycles. The monoisotopic (exact) mass is 1490 g/mol. The summed E-state index contributed by atoms with van der Waals surface area (Å²) in [4.78, 5) is 194. The molecule has 7 fully saturated rings. The third kappa shape index (κ3) is 21.5. The quantitative estimate of drug-likeness (QED) is 0.0507. The maximum atomic E-state index is 14.5. The number of benzene rings is 2. The Bertz CT molecular complexity index is 3640. The van der Waals surface area contributed by atoms with E-state index < -0.39 is 143 Å². The summed E-state index contributed by atoms with van der Waals surface area (Å²) in [5, 5.41) is 21.3. The van der Waals surface area contributed by atoms with Crippen LogP contribution in [-0.4, -0.2) is 204 Å². The van der Waals surface area contributed by atoms with Crippen LogP contribution in [0.4, 0.5) is 9.59 Å². The highest BCUT2D eigenvalue weighted by Gasteiger charge is 2.71. The highest BCUT2D eigenvalue weighted by atomic mass is 16.6. The third-order valence-corrected chi connectivity index (χ3v) is 22.2. The molecule has 0 aromatic heterocycles. The van der Waals surface area contributed by atoms with Crippen molar-refractivity contribution < 1.29 is 76.6 Å². The molecule has 5 aliphatic carbocycles. The number of alkyl carbamates (subject to hydrolysis) is 2. The van der Waals surface area contributed by atoms with Gasteiger partial charge in [-0.15, -0.1) is 0 Å². The van der Waals surface area contributed by atoms with Crippen molar-refractivity contribution >= 4 is 82.8 Å². The minimum atomic E-state index is -1.17. The number of ketones is 2. The van der Waals surface area contributed by atoms with Crippen molar-refractivity contribution in [3.8, 4) is 0 Å². The van der Waals surface area contributed by atoms with Crippen molar-refractivity contribution in [3.63, 3.8) is 0 Å². The highest BCUT2D eigenvalue weighted by molar-refractivity contribution is 6.39. The largest absolute Gasteiger partial charge is 0.444 e. The van der Waals surface area contributed by atoms with Gasteiger partial charge in [-0.2, -0.15) is 0 Å². The predicted octanol–water partition coefficient (Wildman–Crippen LogP) is 5.57. The summed E-state index contributed by atoms with van der Waals surface area (Å²) in [6, 6.07) is 9.32. The van der Waals surface area contributed by atoms with Gasteiger partial charge < -0.3 is 71.6 Å². The van der Waals surface area contributed by atoms with Gasteiger partial charge in [0.25, 0.3) is 11.8 Å². The molecule has 107 heavy (non-hydrogen) atoms. The third-order valence-electron chi connectivity index (χ3n) is 22.2. The topological polar surface area (TPSA) is 367 Å². The number of rotatable bonds is 27. The lowest BCUT2D eigenvalue weighted by Crippen LogP contribution is -2.61. The predicted molar refractivity (Wildman–Crippen MR) is 396 cm³/mol. The van der Waals surface area contributed by atoms with Crippen molar-refractivity contribution in [2.45, 2.75) is 227 Å². The Morgan fingerprint density at radius 2 is 0.860 bits per heavy atom. The second-order valence-corrected chi connectivity index (χ2v) is 35.0. The Kier molecular flexibility index (Phi) is 26.6. The van der Waals surface area contributed by atoms with Gasteiger partial charge in [0.05, 0.1) is 25.2 Å². The minimum Gasteiger partial charge on any atom is -0.444 e. The SMILES string of the molecule is CN(C)C(=O)[C@@H](NC(=O)CNC(=O)C(=O)C(CC1CC1)NC(=O)[C@@H]1[C@@H]2[C@H](CN1C(=O)[C@@H](NC(=O)OC(C)(C)C)C(C)(C)C)C2(C)C)c1ccccc1.CN(C)C(=O)[C@@H](NC(=O)CNC(=O)C(=O)C(CC1CCC1)NC(=O)[C@@H]1[C@@H]2[C@H](CN1C(=O)[C@@H](NC(=O)OC(C)(C)C)C1CCCCC1)C2(C)C)c1ccccc1. The Labute approximate surface area is 629 Å². The van der Waals surface area contributed by atoms with E-state index in [4.69, 9.17) is 9.47 Å². The fourth-order valence-corrected chi connectivity index (χ4v) is 15.7. The first-order valence-corrected chi connectivity index (χ1v) is 37.9. The highest BCUT2D eigenvalue weighted by Crippen LogP contribution is 2.66. The Hall–Kier alpha value is -8.98. The number of ether oxygens (including phenoxy) is 2. The summed E-state index contributed by atoms with van der Waals surface area (Å²) in [7, 11) is 6.27. The van der Waals surface area contributed by atoms with Crippen LogP contribution in [-0.2, 0) is 67.0 Å². The molecule has 2 aromatic rings. The molecular formula is C79H116N12O16. The van der Waals surface area contributed by atoms with E-state index in [2.05, 4.69) is 56.4 Å². The number of amides is 12. The zero-order chi connectivity index (χ0) is 79.2. The zero-order valence-electron chi connectivity index (χ0n) is 65.6. The van der Waals surface area contributed by atoms with Gasteiger partial charge in [0.15, 0.2) is 0 Å². The van der Waals surface area contributed by atoms with Gasteiger partial charge in [-0.25, -0.2) is 9.59 Å². The van der Waals surface area contributed by atoms with Crippen molar-refractivity contribution in [3.05, 3.63) is 71.8 Å². The number of carbonyl (C=O) groups excluding carboxylic acids is 14. The molecule has 28 heteroatoms. The average molecular weight is 1490 g/mol. The lowest BCUT2D eigenvalue weighted by Gasteiger charge is -2.38. The number of hydrogen-bond acceptors (Lipinski definition) is 16. The standard InChI is InChI=1S/C41H60N6O8.C38H56N6O8/c1-40(2,3)55-39(54)45-32(26-19-12-9-13-20-26)38(53)47-23-27-30(41(27,4)5)33(47)35(50)43-28(21-24-15-14-16-24)34(49)36(51)42-22-29(48)44-31(37(52)46(6)7)25-17-10-8-11-18-25;1-36(2,3)30(42-35(51)52-37(4,5)6)34(50)44-20-23-26(38(23,7)8)28(44)31(47)40-24(18-21-16-17-21)29(46)32(48)39-19-25(45)41-27(33(49)43(9)10)22-14-12-11-13-15-22/h8,10-11,17-18,24,26-28,30-33H,9,12-16,19-23H2,1-7H3,(H,42,51)(H,43,50)(H,44,48)(H,45,54);11-15,21,23-24,26-28,30H,16-20H2,1-10H3,(H,39,48)(H,40,47)(H,41,45)(H,42,51)/t27-,28?,30-,31-,32-,33-;23-,24?,26-,27-,28-,30+/m00/s1. The van der Waals surface area contributed by atoms with Gasteiger partial charge >= 0.3 is 12.2 Å². The molecule has 0 radical (unpaired) electrons. The van der Waals surface area contributed by atoms with Crippen molar-refractivity contribution in [2.75, 3.05) is 54.4 Å². The first-order chi connectivity index (χ1) is 49.9. The fraction of sp³-hybridized carbons (Fsp3) is 0.671. The number of likely N-dealkylation sites (N-methyl/N-ethyl adjacent to an activating group) is 2. The van der Waals surface area contributed by atoms with E-state index in [0.717, 1.165) is 64.2 Å². The zero-order valence-corrected chi connectivity index (χ0v) is 65.6. The molecule has 0 spiro atoms. The molecular weight excluding hydrogens is 1370 g/mol. The number of nitrogens with one attached hydrogen (secondary N) is 8. The number of nitrogens with zero attached hydrogens (tertiary/aromatic N) is 4. The second kappa shape index (κ2) is 34.1. The summed E-state index contributed by atoms with van der Waals surface area (Å²) in [5.41, 5.74) is -1.62. The first kappa shape index (κ1) is 83.7. The maximum Gasteiger partial charge on any atom is 0.408 e. The molecule has 7 aliphatic rings. The Balaban J connectivity index is 0.000000270. The molecule has 0 bridgehead atoms. The second-order valence-electron chi connectivity index (χ2n) is 35.0. The van der Waals surface area contributed by atoms with Crippen LogP contribution < -0.4 is 42.5 Å². The van der Waals surface area contributed by atoms with Crippen LogP contribution in [0.3, 0.4) is 0 Å². The van der Waals surface area contributed by atoms with E-state index in [-0.39, 0.29) is 82.8 Å². The van der Waals surface area contributed by atoms with Crippen LogP contribution in [0.1, 0.15) is 190 Å². The number of carbonyl (C=O) groups is 14. The molecule has 12 atom stereocenters. The summed E-state index contributed by atoms with van der Waals surface area (Å²) in [6.45, 7) is 23.6. The fourth-order valence-electron chi connectivity index (χ4n) is 15.7. The van der Waals surface area contributed by atoms with E-state index in [1.165, 1.54) is 14.7 Å². The molecule has 588 valence electrons. The van der Waals surface area contributed by atoms with Gasteiger partial charge in [0, 0.05) is 41.3 Å². The molecule has 9 rings (SSSR count). The van der Waals surface area contributed by atoms with Crippen LogP contribution >= 0.6 is 0 Å².